The first kappa shape index (κ1) is 19.8. The van der Waals surface area contributed by atoms with Gasteiger partial charge in [-0.1, -0.05) is 18.2 Å². The average molecular weight is 452 g/mol. The van der Waals surface area contributed by atoms with Crippen LogP contribution in [0.3, 0.4) is 0 Å². The summed E-state index contributed by atoms with van der Waals surface area (Å²) in [6.07, 6.45) is 5.73. The number of likely N-dealkylation sites (tertiary alicyclic amines) is 1. The molecule has 7 heteroatoms. The highest BCUT2D eigenvalue weighted by molar-refractivity contribution is 7.16. The lowest BCUT2D eigenvalue weighted by molar-refractivity contribution is 0.0787. The predicted molar refractivity (Wildman–Crippen MR) is 133 cm³/mol. The van der Waals surface area contributed by atoms with Gasteiger partial charge in [0.25, 0.3) is 5.91 Å². The first-order valence-corrected chi connectivity index (χ1v) is 11.9. The van der Waals surface area contributed by atoms with E-state index in [1.807, 2.05) is 34.8 Å². The molecule has 1 saturated heterocycles. The summed E-state index contributed by atoms with van der Waals surface area (Å²) < 4.78 is 1.17. The van der Waals surface area contributed by atoms with Crippen molar-refractivity contribution < 1.29 is 4.79 Å². The van der Waals surface area contributed by atoms with Crippen molar-refractivity contribution in [2.75, 3.05) is 18.4 Å². The molecule has 4 heterocycles. The third kappa shape index (κ3) is 3.81. The van der Waals surface area contributed by atoms with Gasteiger partial charge in [0.2, 0.25) is 0 Å². The summed E-state index contributed by atoms with van der Waals surface area (Å²) in [6, 6.07) is 18.2. The normalized spacial score (nSPS) is 13.6. The molecule has 0 unspecified atom stereocenters. The summed E-state index contributed by atoms with van der Waals surface area (Å²) in [4.78, 5) is 27.9. The molecule has 162 valence electrons. The van der Waals surface area contributed by atoms with E-state index in [-0.39, 0.29) is 5.91 Å². The van der Waals surface area contributed by atoms with Gasteiger partial charge in [-0.15, -0.1) is 11.3 Å². The largest absolute Gasteiger partial charge is 0.355 e. The summed E-state index contributed by atoms with van der Waals surface area (Å²) in [6.45, 7) is 1.65. The number of pyridine rings is 2. The monoisotopic (exact) mass is 451 g/mol. The first-order valence-electron chi connectivity index (χ1n) is 11.0. The number of fused-ring (bicyclic) bond motifs is 2. The van der Waals surface area contributed by atoms with Crippen LogP contribution in [0.15, 0.2) is 72.5 Å². The molecule has 1 fully saturated rings. The molecule has 0 saturated carbocycles. The lowest BCUT2D eigenvalue weighted by Crippen LogP contribution is -2.28. The maximum absolute atomic E-state index is 12.6. The van der Waals surface area contributed by atoms with E-state index < -0.39 is 0 Å². The van der Waals surface area contributed by atoms with Crippen LogP contribution in [0, 0.1) is 0 Å². The topological polar surface area (TPSA) is 71.0 Å². The Morgan fingerprint density at radius 2 is 1.76 bits per heavy atom. The van der Waals surface area contributed by atoms with Crippen LogP contribution in [-0.4, -0.2) is 38.8 Å². The zero-order valence-corrected chi connectivity index (χ0v) is 18.7. The van der Waals surface area contributed by atoms with Crippen molar-refractivity contribution >= 4 is 49.7 Å². The highest BCUT2D eigenvalue weighted by Gasteiger charge is 2.20. The zero-order valence-electron chi connectivity index (χ0n) is 17.9. The number of carbonyl (C=O) groups is 1. The second-order valence-corrected chi connectivity index (χ2v) is 9.07. The molecule has 1 aliphatic rings. The van der Waals surface area contributed by atoms with Crippen LogP contribution in [-0.2, 0) is 0 Å². The van der Waals surface area contributed by atoms with Gasteiger partial charge in [-0.2, -0.15) is 0 Å². The Balaban J connectivity index is 1.27. The molecule has 5 aromatic rings. The summed E-state index contributed by atoms with van der Waals surface area (Å²) >= 11 is 1.64. The van der Waals surface area contributed by atoms with Gasteiger partial charge in [0, 0.05) is 47.8 Å². The molecule has 1 N–H and O–H groups in total. The van der Waals surface area contributed by atoms with Crippen LogP contribution < -0.4 is 5.32 Å². The Bertz CT molecular complexity index is 1470. The molecule has 6 rings (SSSR count). The SMILES string of the molecule is O=C(c1ccc(-c2ccc3c(Nc4ccc5scnc5c4)ccnc3c2)cn1)N1CCCC1. The number of nitrogens with one attached hydrogen (secondary N) is 1. The molecular formula is C26H21N5OS. The van der Waals surface area contributed by atoms with Crippen molar-refractivity contribution in [2.45, 2.75) is 12.8 Å². The van der Waals surface area contributed by atoms with Gasteiger partial charge >= 0.3 is 0 Å². The minimum Gasteiger partial charge on any atom is -0.355 e. The number of hydrogen-bond acceptors (Lipinski definition) is 6. The predicted octanol–water partition coefficient (Wildman–Crippen LogP) is 5.89. The van der Waals surface area contributed by atoms with E-state index in [9.17, 15) is 4.79 Å². The fourth-order valence-electron chi connectivity index (χ4n) is 4.30. The molecule has 0 aliphatic carbocycles. The Morgan fingerprint density at radius 1 is 0.879 bits per heavy atom. The van der Waals surface area contributed by atoms with Gasteiger partial charge < -0.3 is 10.2 Å². The van der Waals surface area contributed by atoms with Gasteiger partial charge in [0.05, 0.1) is 21.2 Å². The van der Waals surface area contributed by atoms with E-state index >= 15 is 0 Å². The fraction of sp³-hybridized carbons (Fsp3) is 0.154. The van der Waals surface area contributed by atoms with Gasteiger partial charge in [0.15, 0.2) is 0 Å². The first-order chi connectivity index (χ1) is 16.2. The maximum atomic E-state index is 12.6. The van der Waals surface area contributed by atoms with E-state index in [2.05, 4.69) is 56.7 Å². The van der Waals surface area contributed by atoms with Crippen molar-refractivity contribution in [3.05, 3.63) is 78.2 Å². The molecule has 1 amide bonds. The highest BCUT2D eigenvalue weighted by atomic mass is 32.1. The average Bonchev–Trinajstić information content (AvgIpc) is 3.56. The lowest BCUT2D eigenvalue weighted by Gasteiger charge is -2.14. The number of benzene rings is 2. The van der Waals surface area contributed by atoms with Gasteiger partial charge in [-0.25, -0.2) is 4.98 Å². The summed E-state index contributed by atoms with van der Waals surface area (Å²) in [7, 11) is 0. The molecule has 33 heavy (non-hydrogen) atoms. The molecule has 0 bridgehead atoms. The minimum absolute atomic E-state index is 0.0192. The summed E-state index contributed by atoms with van der Waals surface area (Å²) in [5.74, 6) is 0.0192. The zero-order chi connectivity index (χ0) is 22.2. The number of rotatable bonds is 4. The van der Waals surface area contributed by atoms with Crippen LogP contribution >= 0.6 is 11.3 Å². The van der Waals surface area contributed by atoms with Crippen LogP contribution in [0.4, 0.5) is 11.4 Å². The maximum Gasteiger partial charge on any atom is 0.272 e. The number of anilines is 2. The molecule has 2 aromatic carbocycles. The Hall–Kier alpha value is -3.84. The van der Waals surface area contributed by atoms with Crippen molar-refractivity contribution in [2.24, 2.45) is 0 Å². The van der Waals surface area contributed by atoms with Gasteiger partial charge in [0.1, 0.15) is 5.69 Å². The molecule has 0 radical (unpaired) electrons. The van der Waals surface area contributed by atoms with Crippen molar-refractivity contribution in [3.63, 3.8) is 0 Å². The van der Waals surface area contributed by atoms with Crippen LogP contribution in [0.1, 0.15) is 23.3 Å². The summed E-state index contributed by atoms with van der Waals surface area (Å²) in [5, 5.41) is 4.54. The van der Waals surface area contributed by atoms with Crippen LogP contribution in [0.2, 0.25) is 0 Å². The fourth-order valence-corrected chi connectivity index (χ4v) is 4.96. The number of amides is 1. The number of carbonyl (C=O) groups excluding carboxylic acids is 1. The second kappa shape index (κ2) is 8.26. The summed E-state index contributed by atoms with van der Waals surface area (Å²) in [5.41, 5.74) is 8.21. The van der Waals surface area contributed by atoms with E-state index in [1.54, 1.807) is 17.5 Å². The van der Waals surface area contributed by atoms with E-state index in [0.29, 0.717) is 5.69 Å². The van der Waals surface area contributed by atoms with Crippen molar-refractivity contribution in [1.82, 2.24) is 19.9 Å². The third-order valence-electron chi connectivity index (χ3n) is 6.06. The molecule has 1 aliphatic heterocycles. The lowest BCUT2D eigenvalue weighted by atomic mass is 10.0. The molecule has 0 spiro atoms. The molecule has 0 atom stereocenters. The van der Waals surface area contributed by atoms with Gasteiger partial charge in [-0.05, 0) is 54.8 Å². The van der Waals surface area contributed by atoms with Crippen LogP contribution in [0.25, 0.3) is 32.2 Å². The van der Waals surface area contributed by atoms with Crippen molar-refractivity contribution in [3.8, 4) is 11.1 Å². The molecule has 6 nitrogen and oxygen atoms in total. The van der Waals surface area contributed by atoms with Crippen molar-refractivity contribution in [1.29, 1.82) is 0 Å². The Morgan fingerprint density at radius 3 is 2.61 bits per heavy atom. The number of nitrogens with zero attached hydrogens (tertiary/aromatic N) is 4. The van der Waals surface area contributed by atoms with E-state index in [4.69, 9.17) is 0 Å². The van der Waals surface area contributed by atoms with Crippen LogP contribution in [0.5, 0.6) is 0 Å². The molecular weight excluding hydrogens is 430 g/mol. The highest BCUT2D eigenvalue weighted by Crippen LogP contribution is 2.30. The number of thiazole rings is 1. The molecule has 3 aromatic heterocycles. The van der Waals surface area contributed by atoms with Gasteiger partial charge in [-0.3, -0.25) is 14.8 Å². The Kier molecular flexibility index (Phi) is 4.96. The van der Waals surface area contributed by atoms with E-state index in [0.717, 1.165) is 64.9 Å². The number of hydrogen-bond donors (Lipinski definition) is 1. The third-order valence-corrected chi connectivity index (χ3v) is 6.87. The number of aromatic nitrogens is 3. The quantitative estimate of drug-likeness (QED) is 0.369. The standard InChI is InChI=1S/C26H21N5OS/c32-26(31-11-1-2-12-31)22-7-4-18(15-28-22)17-3-6-20-21(9-10-27-23(20)13-17)30-19-5-8-25-24(14-19)29-16-33-25/h3-10,13-16H,1-2,11-12H2,(H,27,30). The second-order valence-electron chi connectivity index (χ2n) is 8.18. The Labute approximate surface area is 194 Å². The minimum atomic E-state index is 0.0192. The smallest absolute Gasteiger partial charge is 0.272 e. The van der Waals surface area contributed by atoms with E-state index in [1.165, 1.54) is 4.70 Å².